The molecule has 16 heavy (non-hydrogen) atoms. The molecule has 2 unspecified atom stereocenters. The Morgan fingerprint density at radius 1 is 1.12 bits per heavy atom. The quantitative estimate of drug-likeness (QED) is 0.711. The van der Waals surface area contributed by atoms with Gasteiger partial charge in [0.1, 0.15) is 0 Å². The molecule has 2 aliphatic rings. The van der Waals surface area contributed by atoms with E-state index in [0.717, 1.165) is 24.4 Å². The third-order valence-electron chi connectivity index (χ3n) is 4.87. The van der Waals surface area contributed by atoms with E-state index in [4.69, 9.17) is 0 Å². The van der Waals surface area contributed by atoms with Crippen LogP contribution < -0.4 is 5.32 Å². The van der Waals surface area contributed by atoms with Crippen LogP contribution in [0.5, 0.6) is 0 Å². The number of rotatable bonds is 4. The molecule has 0 aromatic carbocycles. The summed E-state index contributed by atoms with van der Waals surface area (Å²) >= 11 is 0. The van der Waals surface area contributed by atoms with Crippen LogP contribution in [0.3, 0.4) is 0 Å². The van der Waals surface area contributed by atoms with Gasteiger partial charge in [-0.3, -0.25) is 0 Å². The average molecular weight is 223 g/mol. The highest BCUT2D eigenvalue weighted by Crippen LogP contribution is 2.55. The van der Waals surface area contributed by atoms with Gasteiger partial charge in [-0.15, -0.1) is 0 Å². The monoisotopic (exact) mass is 223 g/mol. The van der Waals surface area contributed by atoms with Gasteiger partial charge in [0.15, 0.2) is 0 Å². The Balaban J connectivity index is 1.95. The molecule has 2 fully saturated rings. The van der Waals surface area contributed by atoms with Gasteiger partial charge in [0.05, 0.1) is 0 Å². The zero-order chi connectivity index (χ0) is 11.6. The number of hydrogen-bond acceptors (Lipinski definition) is 1. The van der Waals surface area contributed by atoms with E-state index in [2.05, 4.69) is 26.1 Å². The fourth-order valence-corrected chi connectivity index (χ4v) is 3.66. The summed E-state index contributed by atoms with van der Waals surface area (Å²) in [6.07, 6.45) is 10.3. The van der Waals surface area contributed by atoms with Crippen LogP contribution in [0, 0.1) is 17.3 Å². The van der Waals surface area contributed by atoms with Gasteiger partial charge < -0.3 is 5.32 Å². The van der Waals surface area contributed by atoms with Crippen molar-refractivity contribution in [2.45, 2.75) is 71.8 Å². The van der Waals surface area contributed by atoms with Crippen molar-refractivity contribution >= 4 is 0 Å². The Bertz CT molecular complexity index is 213. The molecule has 1 N–H and O–H groups in total. The summed E-state index contributed by atoms with van der Waals surface area (Å²) in [6, 6.07) is 0.818. The topological polar surface area (TPSA) is 12.0 Å². The highest BCUT2D eigenvalue weighted by molar-refractivity contribution is 5.03. The van der Waals surface area contributed by atoms with E-state index < -0.39 is 0 Å². The Morgan fingerprint density at radius 3 is 2.12 bits per heavy atom. The van der Waals surface area contributed by atoms with Crippen LogP contribution in [0.2, 0.25) is 0 Å². The summed E-state index contributed by atoms with van der Waals surface area (Å²) in [5.74, 6) is 1.92. The lowest BCUT2D eigenvalue weighted by atomic mass is 9.86. The second-order valence-electron chi connectivity index (χ2n) is 6.63. The molecular weight excluding hydrogens is 194 g/mol. The lowest BCUT2D eigenvalue weighted by Crippen LogP contribution is -2.39. The van der Waals surface area contributed by atoms with E-state index in [1.165, 1.54) is 44.9 Å². The Labute approximate surface area is 101 Å². The number of hydrogen-bond donors (Lipinski definition) is 1. The first-order chi connectivity index (χ1) is 7.65. The van der Waals surface area contributed by atoms with Crippen molar-refractivity contribution in [1.29, 1.82) is 0 Å². The molecule has 0 aromatic rings. The van der Waals surface area contributed by atoms with Crippen LogP contribution in [-0.4, -0.2) is 12.6 Å². The maximum atomic E-state index is 3.80. The van der Waals surface area contributed by atoms with E-state index in [0.29, 0.717) is 5.41 Å². The van der Waals surface area contributed by atoms with Crippen molar-refractivity contribution in [3.8, 4) is 0 Å². The van der Waals surface area contributed by atoms with E-state index in [1.807, 2.05) is 0 Å². The molecule has 1 heteroatoms. The molecule has 0 heterocycles. The summed E-state index contributed by atoms with van der Waals surface area (Å²) in [7, 11) is 0. The first kappa shape index (κ1) is 12.4. The van der Waals surface area contributed by atoms with Gasteiger partial charge in [-0.2, -0.15) is 0 Å². The molecule has 2 aliphatic carbocycles. The first-order valence-electron chi connectivity index (χ1n) is 7.38. The molecule has 94 valence electrons. The molecule has 0 amide bonds. The van der Waals surface area contributed by atoms with Gasteiger partial charge in [0.2, 0.25) is 0 Å². The molecule has 0 aromatic heterocycles. The van der Waals surface area contributed by atoms with Crippen molar-refractivity contribution in [1.82, 2.24) is 5.32 Å². The molecule has 2 rings (SSSR count). The maximum Gasteiger partial charge on any atom is 0.0129 e. The molecule has 1 nitrogen and oxygen atoms in total. The first-order valence-corrected chi connectivity index (χ1v) is 7.38. The van der Waals surface area contributed by atoms with Crippen LogP contribution in [0.15, 0.2) is 0 Å². The predicted molar refractivity (Wildman–Crippen MR) is 70.5 cm³/mol. The summed E-state index contributed by atoms with van der Waals surface area (Å²) in [5, 5.41) is 3.80. The minimum Gasteiger partial charge on any atom is -0.314 e. The van der Waals surface area contributed by atoms with Crippen LogP contribution in [0.25, 0.3) is 0 Å². The number of nitrogens with one attached hydrogen (secondary N) is 1. The van der Waals surface area contributed by atoms with Crippen LogP contribution in [0.1, 0.15) is 65.7 Å². The maximum absolute atomic E-state index is 3.80. The fraction of sp³-hybridized carbons (Fsp3) is 1.00. The molecule has 0 aliphatic heterocycles. The lowest BCUT2D eigenvalue weighted by Gasteiger charge is -2.28. The van der Waals surface area contributed by atoms with E-state index in [9.17, 15) is 0 Å². The zero-order valence-electron chi connectivity index (χ0n) is 11.4. The minimum atomic E-state index is 0.624. The van der Waals surface area contributed by atoms with Gasteiger partial charge in [-0.1, -0.05) is 46.5 Å². The average Bonchev–Trinajstić information content (AvgIpc) is 2.93. The third kappa shape index (κ3) is 2.80. The van der Waals surface area contributed by atoms with Crippen molar-refractivity contribution in [2.24, 2.45) is 17.3 Å². The van der Waals surface area contributed by atoms with Gasteiger partial charge in [0.25, 0.3) is 0 Å². The molecule has 0 saturated heterocycles. The molecule has 2 saturated carbocycles. The second kappa shape index (κ2) is 5.08. The van der Waals surface area contributed by atoms with E-state index in [1.54, 1.807) is 0 Å². The minimum absolute atomic E-state index is 0.624. The largest absolute Gasteiger partial charge is 0.314 e. The van der Waals surface area contributed by atoms with Crippen molar-refractivity contribution in [3.05, 3.63) is 0 Å². The van der Waals surface area contributed by atoms with Gasteiger partial charge in [-0.05, 0) is 43.1 Å². The second-order valence-corrected chi connectivity index (χ2v) is 6.63. The van der Waals surface area contributed by atoms with Crippen LogP contribution >= 0.6 is 0 Å². The summed E-state index contributed by atoms with van der Waals surface area (Å²) in [4.78, 5) is 0. The molecule has 0 bridgehead atoms. The molecule has 2 atom stereocenters. The zero-order valence-corrected chi connectivity index (χ0v) is 11.4. The Hall–Kier alpha value is -0.0400. The highest BCUT2D eigenvalue weighted by Gasteiger charge is 2.51. The smallest absolute Gasteiger partial charge is 0.0129 e. The fourth-order valence-electron chi connectivity index (χ4n) is 3.66. The third-order valence-corrected chi connectivity index (χ3v) is 4.87. The summed E-state index contributed by atoms with van der Waals surface area (Å²) in [5.41, 5.74) is 0.624. The molecule has 0 radical (unpaired) electrons. The predicted octanol–water partition coefficient (Wildman–Crippen LogP) is 3.98. The van der Waals surface area contributed by atoms with Crippen molar-refractivity contribution in [3.63, 3.8) is 0 Å². The highest BCUT2D eigenvalue weighted by atomic mass is 14.9. The lowest BCUT2D eigenvalue weighted by molar-refractivity contribution is 0.272. The van der Waals surface area contributed by atoms with Crippen LogP contribution in [0.4, 0.5) is 0 Å². The SMILES string of the molecule is CCNC(C1CCCCCC1)C1CC1(C)C. The van der Waals surface area contributed by atoms with Crippen LogP contribution in [-0.2, 0) is 0 Å². The Morgan fingerprint density at radius 2 is 1.69 bits per heavy atom. The van der Waals surface area contributed by atoms with E-state index >= 15 is 0 Å². The van der Waals surface area contributed by atoms with Crippen molar-refractivity contribution in [2.75, 3.05) is 6.54 Å². The summed E-state index contributed by atoms with van der Waals surface area (Å²) in [6.45, 7) is 8.30. The standard InChI is InChI=1S/C15H29N/c1-4-16-14(13-11-15(13,2)3)12-9-7-5-6-8-10-12/h12-14,16H,4-11H2,1-3H3. The van der Waals surface area contributed by atoms with Gasteiger partial charge in [-0.25, -0.2) is 0 Å². The van der Waals surface area contributed by atoms with Gasteiger partial charge >= 0.3 is 0 Å². The summed E-state index contributed by atoms with van der Waals surface area (Å²) < 4.78 is 0. The van der Waals surface area contributed by atoms with Crippen molar-refractivity contribution < 1.29 is 0 Å². The van der Waals surface area contributed by atoms with E-state index in [-0.39, 0.29) is 0 Å². The van der Waals surface area contributed by atoms with Gasteiger partial charge in [0, 0.05) is 6.04 Å². The Kier molecular flexibility index (Phi) is 3.94. The normalized spacial score (nSPS) is 32.1. The molecular formula is C15H29N. The molecule has 0 spiro atoms.